The maximum atomic E-state index is 12.8. The van der Waals surface area contributed by atoms with Crippen LogP contribution in [0, 0.1) is 0 Å². The molecule has 0 spiro atoms. The zero-order chi connectivity index (χ0) is 20.0. The molecule has 0 saturated heterocycles. The van der Waals surface area contributed by atoms with E-state index in [1.807, 2.05) is 32.9 Å². The van der Waals surface area contributed by atoms with Crippen LogP contribution < -0.4 is 4.74 Å². The Kier molecular flexibility index (Phi) is 4.41. The molecule has 1 aromatic heterocycles. The first-order valence-electron chi connectivity index (χ1n) is 8.22. The summed E-state index contributed by atoms with van der Waals surface area (Å²) in [6.07, 6.45) is -4.89. The van der Waals surface area contributed by atoms with Crippen molar-refractivity contribution in [3.63, 3.8) is 0 Å². The predicted molar refractivity (Wildman–Crippen MR) is 96.1 cm³/mol. The topological polar surface area (TPSA) is 62.3 Å². The fraction of sp³-hybridized carbons (Fsp3) is 0.250. The van der Waals surface area contributed by atoms with Crippen LogP contribution in [0.15, 0.2) is 42.5 Å². The van der Waals surface area contributed by atoms with Crippen LogP contribution in [0.1, 0.15) is 36.8 Å². The molecule has 1 heterocycles. The normalized spacial score (nSPS) is 12.4. The van der Waals surface area contributed by atoms with Crippen LogP contribution in [-0.4, -0.2) is 22.4 Å². The second-order valence-electron chi connectivity index (χ2n) is 7.23. The van der Waals surface area contributed by atoms with Crippen molar-refractivity contribution in [1.82, 2.24) is 4.98 Å². The molecular weight excluding hydrogens is 359 g/mol. The van der Waals surface area contributed by atoms with E-state index in [0.717, 1.165) is 5.56 Å². The van der Waals surface area contributed by atoms with Gasteiger partial charge in [-0.15, -0.1) is 13.2 Å². The molecule has 2 aromatic carbocycles. The first-order chi connectivity index (χ1) is 12.5. The number of nitrogens with one attached hydrogen (secondary N) is 1. The Morgan fingerprint density at radius 3 is 2.19 bits per heavy atom. The minimum Gasteiger partial charge on any atom is -0.477 e. The Morgan fingerprint density at radius 1 is 1.04 bits per heavy atom. The number of alkyl halides is 3. The summed E-state index contributed by atoms with van der Waals surface area (Å²) in [6, 6.07) is 11.2. The number of carbonyl (C=O) groups is 1. The van der Waals surface area contributed by atoms with Gasteiger partial charge in [0.05, 0.1) is 10.9 Å². The van der Waals surface area contributed by atoms with Gasteiger partial charge in [0.15, 0.2) is 0 Å². The van der Waals surface area contributed by atoms with Gasteiger partial charge in [-0.25, -0.2) is 4.79 Å². The number of fused-ring (bicyclic) bond motifs is 1. The van der Waals surface area contributed by atoms with Crippen molar-refractivity contribution < 1.29 is 27.8 Å². The van der Waals surface area contributed by atoms with Crippen LogP contribution in [-0.2, 0) is 5.41 Å². The molecule has 0 radical (unpaired) electrons. The minimum atomic E-state index is -4.89. The molecule has 0 aliphatic heterocycles. The van der Waals surface area contributed by atoms with Gasteiger partial charge >= 0.3 is 12.3 Å². The fourth-order valence-corrected chi connectivity index (χ4v) is 3.01. The van der Waals surface area contributed by atoms with Crippen LogP contribution in [0.2, 0.25) is 0 Å². The zero-order valence-corrected chi connectivity index (χ0v) is 14.9. The number of rotatable bonds is 3. The summed E-state index contributed by atoms with van der Waals surface area (Å²) in [7, 11) is 0. The van der Waals surface area contributed by atoms with Crippen LogP contribution in [0.25, 0.3) is 22.0 Å². The Labute approximate surface area is 153 Å². The smallest absolute Gasteiger partial charge is 0.477 e. The molecule has 0 unspecified atom stereocenters. The average Bonchev–Trinajstić information content (AvgIpc) is 2.93. The van der Waals surface area contributed by atoms with Gasteiger partial charge in [0, 0.05) is 5.56 Å². The van der Waals surface area contributed by atoms with Crippen molar-refractivity contribution in [1.29, 1.82) is 0 Å². The highest BCUT2D eigenvalue weighted by Gasteiger charge is 2.33. The third-order valence-corrected chi connectivity index (χ3v) is 4.27. The fourth-order valence-electron chi connectivity index (χ4n) is 3.01. The van der Waals surface area contributed by atoms with Gasteiger partial charge < -0.3 is 14.8 Å². The number of carboxylic acids is 1. The first kappa shape index (κ1) is 18.8. The summed E-state index contributed by atoms with van der Waals surface area (Å²) in [5.41, 5.74) is 1.63. The standard InChI is InChI=1S/C20H18F3NO3/c1-19(2,3)12-9-7-11(8-10-12)15-16-13(24-17(15)18(25)26)5-4-6-14(16)27-20(21,22)23/h4-10,24H,1-3H3,(H,25,26). The largest absolute Gasteiger partial charge is 0.573 e. The van der Waals surface area contributed by atoms with Crippen molar-refractivity contribution in [2.24, 2.45) is 0 Å². The Hall–Kier alpha value is -2.96. The number of ether oxygens (including phenoxy) is 1. The van der Waals surface area contributed by atoms with Gasteiger partial charge in [-0.1, -0.05) is 51.1 Å². The van der Waals surface area contributed by atoms with E-state index < -0.39 is 18.1 Å². The molecule has 2 N–H and O–H groups in total. The zero-order valence-electron chi connectivity index (χ0n) is 14.9. The first-order valence-corrected chi connectivity index (χ1v) is 8.22. The molecule has 4 nitrogen and oxygen atoms in total. The third kappa shape index (κ3) is 3.77. The Bertz CT molecular complexity index is 996. The molecule has 27 heavy (non-hydrogen) atoms. The molecular formula is C20H18F3NO3. The summed E-state index contributed by atoms with van der Waals surface area (Å²) in [6.45, 7) is 6.10. The summed E-state index contributed by atoms with van der Waals surface area (Å²) in [5.74, 6) is -1.71. The van der Waals surface area contributed by atoms with Gasteiger partial charge in [0.2, 0.25) is 0 Å². The van der Waals surface area contributed by atoms with E-state index >= 15 is 0 Å². The number of hydrogen-bond donors (Lipinski definition) is 2. The number of carboxylic acid groups (broad SMARTS) is 1. The highest BCUT2D eigenvalue weighted by molar-refractivity contribution is 6.09. The van der Waals surface area contributed by atoms with E-state index in [9.17, 15) is 23.1 Å². The third-order valence-electron chi connectivity index (χ3n) is 4.27. The lowest BCUT2D eigenvalue weighted by atomic mass is 9.86. The quantitative estimate of drug-likeness (QED) is 0.613. The van der Waals surface area contributed by atoms with E-state index in [1.165, 1.54) is 18.2 Å². The number of aromatic carboxylic acids is 1. The predicted octanol–water partition coefficient (Wildman–Crippen LogP) is 5.73. The number of benzene rings is 2. The van der Waals surface area contributed by atoms with E-state index in [4.69, 9.17) is 0 Å². The van der Waals surface area contributed by atoms with Gasteiger partial charge in [-0.3, -0.25) is 0 Å². The molecule has 7 heteroatoms. The van der Waals surface area contributed by atoms with Crippen molar-refractivity contribution in [2.75, 3.05) is 0 Å². The van der Waals surface area contributed by atoms with E-state index in [1.54, 1.807) is 12.1 Å². The number of aromatic amines is 1. The molecule has 3 rings (SSSR count). The van der Waals surface area contributed by atoms with E-state index in [2.05, 4.69) is 9.72 Å². The van der Waals surface area contributed by atoms with Crippen molar-refractivity contribution in [3.05, 3.63) is 53.7 Å². The average molecular weight is 377 g/mol. The molecule has 0 atom stereocenters. The van der Waals surface area contributed by atoms with Gasteiger partial charge in [-0.05, 0) is 28.7 Å². The number of aromatic nitrogens is 1. The second-order valence-corrected chi connectivity index (χ2v) is 7.23. The second kappa shape index (κ2) is 6.33. The van der Waals surface area contributed by atoms with Crippen LogP contribution in [0.5, 0.6) is 5.75 Å². The van der Waals surface area contributed by atoms with E-state index in [-0.39, 0.29) is 27.6 Å². The van der Waals surface area contributed by atoms with Gasteiger partial charge in [0.1, 0.15) is 11.4 Å². The SMILES string of the molecule is CC(C)(C)c1ccc(-c2c(C(=O)O)[nH]c3cccc(OC(F)(F)F)c23)cc1. The maximum absolute atomic E-state index is 12.8. The van der Waals surface area contributed by atoms with E-state index in [0.29, 0.717) is 5.56 Å². The molecule has 0 bridgehead atoms. The Morgan fingerprint density at radius 2 is 1.67 bits per heavy atom. The highest BCUT2D eigenvalue weighted by atomic mass is 19.4. The van der Waals surface area contributed by atoms with Crippen LogP contribution >= 0.6 is 0 Å². The number of halogens is 3. The molecule has 0 fully saturated rings. The molecule has 0 aliphatic carbocycles. The van der Waals surface area contributed by atoms with Crippen molar-refractivity contribution in [3.8, 4) is 16.9 Å². The highest BCUT2D eigenvalue weighted by Crippen LogP contribution is 2.40. The summed E-state index contributed by atoms with van der Waals surface area (Å²) < 4.78 is 42.5. The lowest BCUT2D eigenvalue weighted by Gasteiger charge is -2.19. The number of hydrogen-bond acceptors (Lipinski definition) is 2. The summed E-state index contributed by atoms with van der Waals surface area (Å²) >= 11 is 0. The van der Waals surface area contributed by atoms with Gasteiger partial charge in [-0.2, -0.15) is 0 Å². The minimum absolute atomic E-state index is 0.0794. The molecule has 3 aromatic rings. The summed E-state index contributed by atoms with van der Waals surface area (Å²) in [5, 5.41) is 9.62. The lowest BCUT2D eigenvalue weighted by molar-refractivity contribution is -0.274. The van der Waals surface area contributed by atoms with Crippen molar-refractivity contribution >= 4 is 16.9 Å². The number of H-pyrrole nitrogens is 1. The molecule has 0 saturated carbocycles. The van der Waals surface area contributed by atoms with Crippen LogP contribution in [0.4, 0.5) is 13.2 Å². The summed E-state index contributed by atoms with van der Waals surface area (Å²) in [4.78, 5) is 14.4. The Balaban J connectivity index is 2.26. The molecule has 142 valence electrons. The maximum Gasteiger partial charge on any atom is 0.573 e. The monoisotopic (exact) mass is 377 g/mol. The molecule has 0 amide bonds. The van der Waals surface area contributed by atoms with Gasteiger partial charge in [0.25, 0.3) is 0 Å². The van der Waals surface area contributed by atoms with Crippen LogP contribution in [0.3, 0.4) is 0 Å². The lowest BCUT2D eigenvalue weighted by Crippen LogP contribution is -2.17. The molecule has 0 aliphatic rings. The van der Waals surface area contributed by atoms with Crippen molar-refractivity contribution in [2.45, 2.75) is 32.5 Å².